The summed E-state index contributed by atoms with van der Waals surface area (Å²) in [5.41, 5.74) is 1.70. The van der Waals surface area contributed by atoms with Gasteiger partial charge in [0.15, 0.2) is 0 Å². The maximum Gasteiger partial charge on any atom is 0.337 e. The number of hydrogen-bond donors (Lipinski definition) is 1. The second kappa shape index (κ2) is 5.01. The van der Waals surface area contributed by atoms with E-state index in [2.05, 4.69) is 4.98 Å². The van der Waals surface area contributed by atoms with Gasteiger partial charge in [0.1, 0.15) is 5.52 Å². The number of carboxylic acids is 1. The summed E-state index contributed by atoms with van der Waals surface area (Å²) in [4.78, 5) is 15.4. The number of para-hydroxylation sites is 1. The first-order chi connectivity index (χ1) is 9.25. The van der Waals surface area contributed by atoms with Gasteiger partial charge in [-0.05, 0) is 25.0 Å². The van der Waals surface area contributed by atoms with Crippen LogP contribution in [-0.4, -0.2) is 33.8 Å². The van der Waals surface area contributed by atoms with E-state index >= 15 is 0 Å². The average molecular weight is 260 g/mol. The molecular formula is C14H16N2O3. The Balaban J connectivity index is 1.92. The number of aromatic nitrogens is 2. The first-order valence-corrected chi connectivity index (χ1v) is 6.50. The SMILES string of the molecule is O=C(O)c1cccc2c1ncn2CC1CCCOC1. The minimum absolute atomic E-state index is 0.260. The molecule has 1 unspecified atom stereocenters. The van der Waals surface area contributed by atoms with Crippen molar-refractivity contribution in [1.29, 1.82) is 0 Å². The number of benzene rings is 1. The number of imidazole rings is 1. The average Bonchev–Trinajstić information content (AvgIpc) is 2.83. The Labute approximate surface area is 110 Å². The van der Waals surface area contributed by atoms with Crippen LogP contribution in [0.5, 0.6) is 0 Å². The Morgan fingerprint density at radius 2 is 2.42 bits per heavy atom. The fraction of sp³-hybridized carbons (Fsp3) is 0.429. The number of ether oxygens (including phenoxy) is 1. The zero-order valence-corrected chi connectivity index (χ0v) is 10.6. The highest BCUT2D eigenvalue weighted by Crippen LogP contribution is 2.21. The van der Waals surface area contributed by atoms with Crippen molar-refractivity contribution in [3.8, 4) is 0 Å². The van der Waals surface area contributed by atoms with Gasteiger partial charge >= 0.3 is 5.97 Å². The van der Waals surface area contributed by atoms with E-state index in [1.54, 1.807) is 18.5 Å². The molecule has 100 valence electrons. The highest BCUT2D eigenvalue weighted by molar-refractivity contribution is 6.00. The molecule has 1 saturated heterocycles. The van der Waals surface area contributed by atoms with Gasteiger partial charge in [0.05, 0.1) is 24.0 Å². The van der Waals surface area contributed by atoms with Gasteiger partial charge in [-0.1, -0.05) is 6.07 Å². The van der Waals surface area contributed by atoms with Crippen LogP contribution in [-0.2, 0) is 11.3 Å². The lowest BCUT2D eigenvalue weighted by Gasteiger charge is -2.22. The van der Waals surface area contributed by atoms with Crippen molar-refractivity contribution in [1.82, 2.24) is 9.55 Å². The molecule has 0 saturated carbocycles. The molecule has 5 heteroatoms. The lowest BCUT2D eigenvalue weighted by atomic mass is 10.0. The van der Waals surface area contributed by atoms with Gasteiger partial charge in [0.2, 0.25) is 0 Å². The maximum absolute atomic E-state index is 11.1. The predicted molar refractivity (Wildman–Crippen MR) is 70.2 cm³/mol. The number of carboxylic acid groups (broad SMARTS) is 1. The van der Waals surface area contributed by atoms with Crippen LogP contribution >= 0.6 is 0 Å². The number of fused-ring (bicyclic) bond motifs is 1. The Bertz CT molecular complexity index is 600. The van der Waals surface area contributed by atoms with Crippen molar-refractivity contribution in [3.63, 3.8) is 0 Å². The molecule has 0 spiro atoms. The van der Waals surface area contributed by atoms with Crippen LogP contribution in [0.3, 0.4) is 0 Å². The minimum atomic E-state index is -0.933. The van der Waals surface area contributed by atoms with Crippen LogP contribution < -0.4 is 0 Å². The molecule has 3 rings (SSSR count). The largest absolute Gasteiger partial charge is 0.478 e. The molecule has 1 aromatic carbocycles. The lowest BCUT2D eigenvalue weighted by molar-refractivity contribution is 0.0488. The fourth-order valence-corrected chi connectivity index (χ4v) is 2.64. The summed E-state index contributed by atoms with van der Waals surface area (Å²) < 4.78 is 7.51. The Kier molecular flexibility index (Phi) is 3.21. The molecule has 1 atom stereocenters. The van der Waals surface area contributed by atoms with Crippen molar-refractivity contribution >= 4 is 17.0 Å². The first-order valence-electron chi connectivity index (χ1n) is 6.50. The van der Waals surface area contributed by atoms with E-state index < -0.39 is 5.97 Å². The molecule has 1 N–H and O–H groups in total. The smallest absolute Gasteiger partial charge is 0.337 e. The molecule has 19 heavy (non-hydrogen) atoms. The standard InChI is InChI=1S/C14H16N2O3/c17-14(18)11-4-1-5-12-13(11)15-9-16(12)7-10-3-2-6-19-8-10/h1,4-5,9-10H,2-3,6-8H2,(H,17,18). The minimum Gasteiger partial charge on any atom is -0.478 e. The summed E-state index contributed by atoms with van der Waals surface area (Å²) >= 11 is 0. The van der Waals surface area contributed by atoms with E-state index in [0.29, 0.717) is 11.4 Å². The van der Waals surface area contributed by atoms with Crippen molar-refractivity contribution in [2.24, 2.45) is 5.92 Å². The van der Waals surface area contributed by atoms with Crippen molar-refractivity contribution in [3.05, 3.63) is 30.1 Å². The third-order valence-electron chi connectivity index (χ3n) is 3.59. The number of nitrogens with zero attached hydrogens (tertiary/aromatic N) is 2. The van der Waals surface area contributed by atoms with Crippen molar-refractivity contribution in [2.75, 3.05) is 13.2 Å². The van der Waals surface area contributed by atoms with Crippen LogP contribution in [0.25, 0.3) is 11.0 Å². The van der Waals surface area contributed by atoms with Gasteiger partial charge in [-0.3, -0.25) is 0 Å². The zero-order chi connectivity index (χ0) is 13.2. The summed E-state index contributed by atoms with van der Waals surface area (Å²) in [5.74, 6) is -0.448. The molecule has 2 heterocycles. The van der Waals surface area contributed by atoms with Gasteiger partial charge in [0.25, 0.3) is 0 Å². The Hall–Kier alpha value is -1.88. The highest BCUT2D eigenvalue weighted by atomic mass is 16.5. The zero-order valence-electron chi connectivity index (χ0n) is 10.6. The summed E-state index contributed by atoms with van der Waals surface area (Å²) in [5, 5.41) is 9.14. The maximum atomic E-state index is 11.1. The molecule has 1 aliphatic heterocycles. The summed E-state index contributed by atoms with van der Waals surface area (Å²) in [6.45, 7) is 2.46. The highest BCUT2D eigenvalue weighted by Gasteiger charge is 2.17. The summed E-state index contributed by atoms with van der Waals surface area (Å²) in [6, 6.07) is 5.27. The number of rotatable bonds is 3. The molecule has 0 aliphatic carbocycles. The normalized spacial score (nSPS) is 19.7. The van der Waals surface area contributed by atoms with E-state index in [1.807, 2.05) is 10.6 Å². The monoisotopic (exact) mass is 260 g/mol. The number of aromatic carboxylic acids is 1. The molecule has 1 aliphatic rings. The van der Waals surface area contributed by atoms with Gasteiger partial charge in [-0.15, -0.1) is 0 Å². The molecule has 1 fully saturated rings. The van der Waals surface area contributed by atoms with Crippen molar-refractivity contribution in [2.45, 2.75) is 19.4 Å². The first kappa shape index (κ1) is 12.2. The summed E-state index contributed by atoms with van der Waals surface area (Å²) in [6.07, 6.45) is 3.97. The van der Waals surface area contributed by atoms with E-state index in [1.165, 1.54) is 0 Å². The van der Waals surface area contributed by atoms with Crippen LogP contribution in [0.15, 0.2) is 24.5 Å². The molecule has 0 bridgehead atoms. The fourth-order valence-electron chi connectivity index (χ4n) is 2.64. The Morgan fingerprint density at radius 1 is 1.53 bits per heavy atom. The van der Waals surface area contributed by atoms with E-state index in [-0.39, 0.29) is 5.56 Å². The van der Waals surface area contributed by atoms with Crippen LogP contribution in [0.2, 0.25) is 0 Å². The molecule has 2 aromatic rings. The predicted octanol–water partition coefficient (Wildman–Crippen LogP) is 2.16. The van der Waals surface area contributed by atoms with Gasteiger partial charge in [0, 0.05) is 19.1 Å². The third-order valence-corrected chi connectivity index (χ3v) is 3.59. The van der Waals surface area contributed by atoms with Gasteiger partial charge < -0.3 is 14.4 Å². The van der Waals surface area contributed by atoms with E-state index in [9.17, 15) is 4.79 Å². The molecule has 0 radical (unpaired) electrons. The van der Waals surface area contributed by atoms with E-state index in [4.69, 9.17) is 9.84 Å². The number of carbonyl (C=O) groups is 1. The second-order valence-corrected chi connectivity index (χ2v) is 4.96. The number of hydrogen-bond acceptors (Lipinski definition) is 3. The molecule has 5 nitrogen and oxygen atoms in total. The molecule has 0 amide bonds. The topological polar surface area (TPSA) is 64.3 Å². The van der Waals surface area contributed by atoms with Crippen LogP contribution in [0.4, 0.5) is 0 Å². The van der Waals surface area contributed by atoms with Gasteiger partial charge in [-0.25, -0.2) is 9.78 Å². The second-order valence-electron chi connectivity index (χ2n) is 4.96. The van der Waals surface area contributed by atoms with Crippen LogP contribution in [0.1, 0.15) is 23.2 Å². The molecule has 1 aromatic heterocycles. The third kappa shape index (κ3) is 2.33. The molecular weight excluding hydrogens is 244 g/mol. The summed E-state index contributed by atoms with van der Waals surface area (Å²) in [7, 11) is 0. The van der Waals surface area contributed by atoms with Crippen LogP contribution in [0, 0.1) is 5.92 Å². The van der Waals surface area contributed by atoms with E-state index in [0.717, 1.165) is 38.1 Å². The lowest BCUT2D eigenvalue weighted by Crippen LogP contribution is -2.21. The van der Waals surface area contributed by atoms with Crippen molar-refractivity contribution < 1.29 is 14.6 Å². The quantitative estimate of drug-likeness (QED) is 0.918. The van der Waals surface area contributed by atoms with Gasteiger partial charge in [-0.2, -0.15) is 0 Å². The Morgan fingerprint density at radius 3 is 3.16 bits per heavy atom.